The van der Waals surface area contributed by atoms with Crippen LogP contribution in [-0.2, 0) is 16.8 Å². The largest absolute Gasteiger partial charge is 0.480 e. The van der Waals surface area contributed by atoms with Crippen molar-refractivity contribution in [3.05, 3.63) is 35.4 Å². The zero-order valence-electron chi connectivity index (χ0n) is 10.3. The molecule has 0 radical (unpaired) electrons. The maximum atomic E-state index is 11.0. The molecule has 0 amide bonds. The van der Waals surface area contributed by atoms with E-state index in [4.69, 9.17) is 10.8 Å². The minimum Gasteiger partial charge on any atom is -0.480 e. The van der Waals surface area contributed by atoms with Gasteiger partial charge in [-0.3, -0.25) is 0 Å². The fourth-order valence-corrected chi connectivity index (χ4v) is 1.52. The highest BCUT2D eigenvalue weighted by molar-refractivity contribution is 5.85. The first-order valence-electron chi connectivity index (χ1n) is 5.60. The number of aliphatic carboxylic acids is 1. The van der Waals surface area contributed by atoms with Crippen molar-refractivity contribution in [2.75, 3.05) is 0 Å². The summed E-state index contributed by atoms with van der Waals surface area (Å²) in [6, 6.07) is 7.52. The van der Waals surface area contributed by atoms with Crippen molar-refractivity contribution in [1.82, 2.24) is 0 Å². The van der Waals surface area contributed by atoms with E-state index in [-0.39, 0.29) is 12.4 Å². The monoisotopic (exact) mass is 257 g/mol. The lowest BCUT2D eigenvalue weighted by Gasteiger charge is -2.19. The first kappa shape index (κ1) is 15.9. The highest BCUT2D eigenvalue weighted by Crippen LogP contribution is 2.19. The van der Waals surface area contributed by atoms with Crippen LogP contribution < -0.4 is 5.73 Å². The van der Waals surface area contributed by atoms with Gasteiger partial charge in [0.2, 0.25) is 0 Å². The second-order valence-electron chi connectivity index (χ2n) is 4.31. The average molecular weight is 258 g/mol. The van der Waals surface area contributed by atoms with Crippen LogP contribution in [0.25, 0.3) is 0 Å². The second-order valence-corrected chi connectivity index (χ2v) is 4.31. The van der Waals surface area contributed by atoms with Crippen LogP contribution in [0.1, 0.15) is 37.8 Å². The quantitative estimate of drug-likeness (QED) is 0.853. The van der Waals surface area contributed by atoms with Gasteiger partial charge >= 0.3 is 5.97 Å². The summed E-state index contributed by atoms with van der Waals surface area (Å²) in [6.45, 7) is 3.66. The van der Waals surface area contributed by atoms with Gasteiger partial charge in [-0.2, -0.15) is 0 Å². The van der Waals surface area contributed by atoms with Gasteiger partial charge in [-0.05, 0) is 30.9 Å². The number of benzene rings is 1. The molecular formula is C13H20ClNO2. The number of carboxylic acid groups (broad SMARTS) is 1. The number of halogens is 1. The molecule has 3 nitrogen and oxygen atoms in total. The molecular weight excluding hydrogens is 238 g/mol. The van der Waals surface area contributed by atoms with Gasteiger partial charge in [-0.25, -0.2) is 4.79 Å². The minimum absolute atomic E-state index is 0. The Bertz CT molecular complexity index is 360. The average Bonchev–Trinajstić information content (AvgIpc) is 2.26. The molecule has 0 bridgehead atoms. The Balaban J connectivity index is 0.00000256. The molecule has 3 N–H and O–H groups in total. The predicted octanol–water partition coefficient (Wildman–Crippen LogP) is 2.71. The fraction of sp³-hybridized carbons (Fsp3) is 0.462. The van der Waals surface area contributed by atoms with E-state index in [1.165, 1.54) is 12.5 Å². The normalized spacial score (nSPS) is 13.6. The third-order valence-corrected chi connectivity index (χ3v) is 2.82. The molecule has 1 rings (SSSR count). The van der Waals surface area contributed by atoms with Gasteiger partial charge < -0.3 is 10.8 Å². The molecule has 0 aliphatic carbocycles. The fourth-order valence-electron chi connectivity index (χ4n) is 1.52. The summed E-state index contributed by atoms with van der Waals surface area (Å²) >= 11 is 0. The van der Waals surface area contributed by atoms with E-state index in [9.17, 15) is 4.79 Å². The molecule has 0 saturated heterocycles. The van der Waals surface area contributed by atoms with Crippen LogP contribution in [0.15, 0.2) is 24.3 Å². The van der Waals surface area contributed by atoms with Crippen molar-refractivity contribution >= 4 is 18.4 Å². The van der Waals surface area contributed by atoms with Crippen molar-refractivity contribution in [2.24, 2.45) is 5.73 Å². The van der Waals surface area contributed by atoms with Crippen LogP contribution in [0.3, 0.4) is 0 Å². The third kappa shape index (κ3) is 4.02. The molecule has 0 fully saturated rings. The summed E-state index contributed by atoms with van der Waals surface area (Å²) in [5, 5.41) is 8.98. The van der Waals surface area contributed by atoms with Crippen LogP contribution in [0.4, 0.5) is 0 Å². The van der Waals surface area contributed by atoms with E-state index in [1.54, 1.807) is 12.1 Å². The third-order valence-electron chi connectivity index (χ3n) is 2.82. The van der Waals surface area contributed by atoms with Gasteiger partial charge in [0, 0.05) is 0 Å². The number of nitrogens with two attached hydrogens (primary N) is 1. The number of unbranched alkanes of at least 4 members (excludes halogenated alkanes) is 1. The van der Waals surface area contributed by atoms with Crippen LogP contribution in [0, 0.1) is 0 Å². The number of aryl methyl sites for hydroxylation is 1. The Hall–Kier alpha value is -1.06. The van der Waals surface area contributed by atoms with E-state index in [0.717, 1.165) is 19.3 Å². The Morgan fingerprint density at radius 1 is 1.35 bits per heavy atom. The maximum absolute atomic E-state index is 11.0. The highest BCUT2D eigenvalue weighted by Gasteiger charge is 2.29. The summed E-state index contributed by atoms with van der Waals surface area (Å²) in [7, 11) is 0. The number of hydrogen-bond acceptors (Lipinski definition) is 2. The molecule has 0 aliphatic rings. The lowest BCUT2D eigenvalue weighted by molar-refractivity contribution is -0.143. The van der Waals surface area contributed by atoms with Crippen LogP contribution in [0.5, 0.6) is 0 Å². The zero-order chi connectivity index (χ0) is 12.2. The molecule has 1 atom stereocenters. The van der Waals surface area contributed by atoms with Crippen LogP contribution in [-0.4, -0.2) is 11.1 Å². The standard InChI is InChI=1S/C13H19NO2.ClH/c1-3-4-5-10-6-8-11(9-7-10)13(2,14)12(15)16;/h6-9H,3-5,14H2,1-2H3,(H,15,16);1H. The molecule has 1 unspecified atom stereocenters. The molecule has 0 aliphatic heterocycles. The van der Waals surface area contributed by atoms with Crippen molar-refractivity contribution in [2.45, 2.75) is 38.6 Å². The number of carboxylic acids is 1. The minimum atomic E-state index is -1.30. The molecule has 4 heteroatoms. The Morgan fingerprint density at radius 3 is 2.29 bits per heavy atom. The lowest BCUT2D eigenvalue weighted by Crippen LogP contribution is -2.41. The van der Waals surface area contributed by atoms with Crippen molar-refractivity contribution < 1.29 is 9.90 Å². The summed E-state index contributed by atoms with van der Waals surface area (Å²) in [6.07, 6.45) is 3.34. The smallest absolute Gasteiger partial charge is 0.328 e. The topological polar surface area (TPSA) is 63.3 Å². The van der Waals surface area contributed by atoms with Crippen LogP contribution >= 0.6 is 12.4 Å². The van der Waals surface area contributed by atoms with Gasteiger partial charge in [0.25, 0.3) is 0 Å². The molecule has 1 aromatic rings. The number of rotatable bonds is 5. The summed E-state index contributed by atoms with van der Waals surface area (Å²) in [4.78, 5) is 11.0. The molecule has 1 aromatic carbocycles. The molecule has 0 heterocycles. The summed E-state index contributed by atoms with van der Waals surface area (Å²) in [5.41, 5.74) is 6.30. The zero-order valence-corrected chi connectivity index (χ0v) is 11.1. The Kier molecular flexibility index (Phi) is 6.21. The van der Waals surface area contributed by atoms with Gasteiger partial charge in [0.15, 0.2) is 0 Å². The van der Waals surface area contributed by atoms with Crippen LogP contribution in [0.2, 0.25) is 0 Å². The van der Waals surface area contributed by atoms with Crippen molar-refractivity contribution in [3.63, 3.8) is 0 Å². The van der Waals surface area contributed by atoms with Gasteiger partial charge in [-0.1, -0.05) is 37.6 Å². The summed E-state index contributed by atoms with van der Waals surface area (Å²) < 4.78 is 0. The lowest BCUT2D eigenvalue weighted by atomic mass is 9.92. The van der Waals surface area contributed by atoms with Crippen molar-refractivity contribution in [1.29, 1.82) is 0 Å². The second kappa shape index (κ2) is 6.62. The molecule has 0 aromatic heterocycles. The van der Waals surface area contributed by atoms with E-state index >= 15 is 0 Å². The molecule has 0 spiro atoms. The predicted molar refractivity (Wildman–Crippen MR) is 71.5 cm³/mol. The summed E-state index contributed by atoms with van der Waals surface area (Å²) in [5.74, 6) is -1.01. The van der Waals surface area contributed by atoms with E-state index in [1.807, 2.05) is 12.1 Å². The highest BCUT2D eigenvalue weighted by atomic mass is 35.5. The first-order chi connectivity index (χ1) is 7.48. The van der Waals surface area contributed by atoms with E-state index < -0.39 is 11.5 Å². The van der Waals surface area contributed by atoms with Gasteiger partial charge in [0.1, 0.15) is 5.54 Å². The Labute approximate surface area is 108 Å². The SMILES string of the molecule is CCCCc1ccc(C(C)(N)C(=O)O)cc1.Cl. The van der Waals surface area contributed by atoms with Crippen molar-refractivity contribution in [3.8, 4) is 0 Å². The number of hydrogen-bond donors (Lipinski definition) is 2. The molecule has 96 valence electrons. The van der Waals surface area contributed by atoms with Gasteiger partial charge in [-0.15, -0.1) is 12.4 Å². The molecule has 0 saturated carbocycles. The van der Waals surface area contributed by atoms with Gasteiger partial charge in [0.05, 0.1) is 0 Å². The Morgan fingerprint density at radius 2 is 1.88 bits per heavy atom. The van der Waals surface area contributed by atoms with E-state index in [0.29, 0.717) is 5.56 Å². The first-order valence-corrected chi connectivity index (χ1v) is 5.60. The molecule has 17 heavy (non-hydrogen) atoms. The van der Waals surface area contributed by atoms with E-state index in [2.05, 4.69) is 6.92 Å². The maximum Gasteiger partial charge on any atom is 0.328 e. The number of carbonyl (C=O) groups is 1.